The molecule has 1 aromatic rings. The molecule has 0 saturated carbocycles. The van der Waals surface area contributed by atoms with E-state index in [2.05, 4.69) is 34.0 Å². The fourth-order valence-corrected chi connectivity index (χ4v) is 2.69. The van der Waals surface area contributed by atoms with Crippen LogP contribution in [-0.2, 0) is 0 Å². The molecule has 1 aliphatic heterocycles. The Morgan fingerprint density at radius 3 is 2.84 bits per heavy atom. The van der Waals surface area contributed by atoms with Gasteiger partial charge in [-0.3, -0.25) is 0 Å². The highest BCUT2D eigenvalue weighted by atomic mass is 15.3. The van der Waals surface area contributed by atoms with Crippen LogP contribution in [0.1, 0.15) is 38.7 Å². The average Bonchev–Trinajstić information content (AvgIpc) is 2.45. The van der Waals surface area contributed by atoms with Gasteiger partial charge in [-0.2, -0.15) is 0 Å². The van der Waals surface area contributed by atoms with Crippen molar-refractivity contribution in [3.63, 3.8) is 0 Å². The molecule has 0 amide bonds. The van der Waals surface area contributed by atoms with Crippen molar-refractivity contribution in [2.45, 2.75) is 46.1 Å². The predicted molar refractivity (Wildman–Crippen MR) is 79.5 cm³/mol. The fourth-order valence-electron chi connectivity index (χ4n) is 2.69. The third-order valence-corrected chi connectivity index (χ3v) is 3.93. The minimum atomic E-state index is 0.577. The minimum absolute atomic E-state index is 0.577. The van der Waals surface area contributed by atoms with Crippen LogP contribution in [0.2, 0.25) is 0 Å². The number of aryl methyl sites for hydroxylation is 1. The van der Waals surface area contributed by atoms with Gasteiger partial charge in [0.1, 0.15) is 0 Å². The molecule has 0 radical (unpaired) electrons. The Kier molecular flexibility index (Phi) is 5.14. The second-order valence-electron chi connectivity index (χ2n) is 5.65. The van der Waals surface area contributed by atoms with Gasteiger partial charge in [0, 0.05) is 31.5 Å². The van der Waals surface area contributed by atoms with E-state index in [0.717, 1.165) is 31.1 Å². The van der Waals surface area contributed by atoms with Crippen molar-refractivity contribution in [1.29, 1.82) is 0 Å². The molecule has 0 aromatic carbocycles. The Morgan fingerprint density at radius 1 is 1.42 bits per heavy atom. The molecule has 2 unspecified atom stereocenters. The van der Waals surface area contributed by atoms with E-state index in [1.807, 2.05) is 19.3 Å². The number of nitrogens with one attached hydrogen (secondary N) is 1. The Hall–Kier alpha value is -1.16. The molecule has 0 aliphatic carbocycles. The van der Waals surface area contributed by atoms with E-state index >= 15 is 0 Å². The van der Waals surface area contributed by atoms with E-state index in [0.29, 0.717) is 12.0 Å². The quantitative estimate of drug-likeness (QED) is 0.884. The van der Waals surface area contributed by atoms with Gasteiger partial charge in [0.25, 0.3) is 0 Å². The van der Waals surface area contributed by atoms with E-state index < -0.39 is 0 Å². The molecule has 0 spiro atoms. The minimum Gasteiger partial charge on any atom is -0.340 e. The SMILES string of the molecule is CCCNC(C)C1CCCN(c2ncc(C)cn2)C1. The van der Waals surface area contributed by atoms with E-state index in [1.165, 1.54) is 19.3 Å². The summed E-state index contributed by atoms with van der Waals surface area (Å²) in [6, 6.07) is 0.577. The van der Waals surface area contributed by atoms with E-state index in [4.69, 9.17) is 0 Å². The van der Waals surface area contributed by atoms with Crippen LogP contribution in [0.3, 0.4) is 0 Å². The van der Waals surface area contributed by atoms with Gasteiger partial charge in [0.05, 0.1) is 0 Å². The monoisotopic (exact) mass is 262 g/mol. The zero-order chi connectivity index (χ0) is 13.7. The summed E-state index contributed by atoms with van der Waals surface area (Å²) in [6.45, 7) is 9.81. The summed E-state index contributed by atoms with van der Waals surface area (Å²) in [5.74, 6) is 1.59. The second kappa shape index (κ2) is 6.85. The van der Waals surface area contributed by atoms with Crippen LogP contribution in [0.5, 0.6) is 0 Å². The van der Waals surface area contributed by atoms with Gasteiger partial charge in [-0.05, 0) is 51.1 Å². The lowest BCUT2D eigenvalue weighted by molar-refractivity contribution is 0.319. The number of rotatable bonds is 5. The number of aromatic nitrogens is 2. The summed E-state index contributed by atoms with van der Waals surface area (Å²) in [6.07, 6.45) is 7.55. The molecule has 1 aromatic heterocycles. The molecule has 4 nitrogen and oxygen atoms in total. The van der Waals surface area contributed by atoms with Gasteiger partial charge in [0.2, 0.25) is 5.95 Å². The summed E-state index contributed by atoms with van der Waals surface area (Å²) in [5.41, 5.74) is 1.12. The summed E-state index contributed by atoms with van der Waals surface area (Å²) in [7, 11) is 0. The van der Waals surface area contributed by atoms with Gasteiger partial charge >= 0.3 is 0 Å². The van der Waals surface area contributed by atoms with Crippen molar-refractivity contribution in [2.75, 3.05) is 24.5 Å². The lowest BCUT2D eigenvalue weighted by Gasteiger charge is -2.36. The Labute approximate surface area is 116 Å². The van der Waals surface area contributed by atoms with Crippen molar-refractivity contribution in [2.24, 2.45) is 5.92 Å². The van der Waals surface area contributed by atoms with Crippen LogP contribution in [0.25, 0.3) is 0 Å². The molecule has 2 heterocycles. The van der Waals surface area contributed by atoms with Crippen LogP contribution < -0.4 is 10.2 Å². The zero-order valence-corrected chi connectivity index (χ0v) is 12.4. The summed E-state index contributed by atoms with van der Waals surface area (Å²) in [4.78, 5) is 11.2. The predicted octanol–water partition coefficient (Wildman–Crippen LogP) is 2.39. The van der Waals surface area contributed by atoms with Crippen molar-refractivity contribution in [3.05, 3.63) is 18.0 Å². The molecule has 19 heavy (non-hydrogen) atoms. The van der Waals surface area contributed by atoms with Crippen LogP contribution in [0.15, 0.2) is 12.4 Å². The smallest absolute Gasteiger partial charge is 0.225 e. The number of hydrogen-bond donors (Lipinski definition) is 1. The van der Waals surface area contributed by atoms with Crippen LogP contribution in [0, 0.1) is 12.8 Å². The molecule has 1 fully saturated rings. The van der Waals surface area contributed by atoms with E-state index in [-0.39, 0.29) is 0 Å². The molecule has 2 rings (SSSR count). The van der Waals surface area contributed by atoms with Crippen LogP contribution in [0.4, 0.5) is 5.95 Å². The number of hydrogen-bond acceptors (Lipinski definition) is 4. The Bertz CT molecular complexity index is 376. The first kappa shape index (κ1) is 14.3. The number of nitrogens with zero attached hydrogens (tertiary/aromatic N) is 3. The molecule has 2 atom stereocenters. The molecular formula is C15H26N4. The first-order valence-electron chi connectivity index (χ1n) is 7.47. The van der Waals surface area contributed by atoms with Gasteiger partial charge in [-0.15, -0.1) is 0 Å². The van der Waals surface area contributed by atoms with E-state index in [9.17, 15) is 0 Å². The lowest BCUT2D eigenvalue weighted by Crippen LogP contribution is -2.45. The number of piperidine rings is 1. The topological polar surface area (TPSA) is 41.0 Å². The lowest BCUT2D eigenvalue weighted by atomic mass is 9.91. The van der Waals surface area contributed by atoms with Gasteiger partial charge < -0.3 is 10.2 Å². The van der Waals surface area contributed by atoms with Gasteiger partial charge in [-0.25, -0.2) is 9.97 Å². The van der Waals surface area contributed by atoms with Gasteiger partial charge in [-0.1, -0.05) is 6.92 Å². The Balaban J connectivity index is 1.94. The first-order valence-corrected chi connectivity index (χ1v) is 7.47. The first-order chi connectivity index (χ1) is 9.20. The summed E-state index contributed by atoms with van der Waals surface area (Å²) >= 11 is 0. The highest BCUT2D eigenvalue weighted by molar-refractivity contribution is 5.30. The summed E-state index contributed by atoms with van der Waals surface area (Å²) < 4.78 is 0. The molecule has 106 valence electrons. The maximum Gasteiger partial charge on any atom is 0.225 e. The second-order valence-corrected chi connectivity index (χ2v) is 5.65. The van der Waals surface area contributed by atoms with Crippen molar-refractivity contribution in [3.8, 4) is 0 Å². The maximum absolute atomic E-state index is 4.45. The largest absolute Gasteiger partial charge is 0.340 e. The average molecular weight is 262 g/mol. The van der Waals surface area contributed by atoms with Gasteiger partial charge in [0.15, 0.2) is 0 Å². The van der Waals surface area contributed by atoms with Crippen molar-refractivity contribution in [1.82, 2.24) is 15.3 Å². The normalized spacial score (nSPS) is 21.4. The van der Waals surface area contributed by atoms with E-state index in [1.54, 1.807) is 0 Å². The summed E-state index contributed by atoms with van der Waals surface area (Å²) in [5, 5.41) is 3.62. The highest BCUT2D eigenvalue weighted by Gasteiger charge is 2.25. The Morgan fingerprint density at radius 2 is 2.16 bits per heavy atom. The fraction of sp³-hybridized carbons (Fsp3) is 0.733. The third-order valence-electron chi connectivity index (χ3n) is 3.93. The third kappa shape index (κ3) is 3.90. The standard InChI is InChI=1S/C15H26N4/c1-4-7-16-13(3)14-6-5-8-19(11-14)15-17-9-12(2)10-18-15/h9-10,13-14,16H,4-8,11H2,1-3H3. The van der Waals surface area contributed by atoms with Crippen LogP contribution in [-0.4, -0.2) is 35.6 Å². The van der Waals surface area contributed by atoms with Crippen molar-refractivity contribution < 1.29 is 0 Å². The molecule has 0 bridgehead atoms. The van der Waals surface area contributed by atoms with Crippen LogP contribution >= 0.6 is 0 Å². The van der Waals surface area contributed by atoms with Crippen molar-refractivity contribution >= 4 is 5.95 Å². The molecule has 1 saturated heterocycles. The molecule has 4 heteroatoms. The molecule has 1 N–H and O–H groups in total. The molecule has 1 aliphatic rings. The highest BCUT2D eigenvalue weighted by Crippen LogP contribution is 2.22. The maximum atomic E-state index is 4.45. The molecular weight excluding hydrogens is 236 g/mol. The zero-order valence-electron chi connectivity index (χ0n) is 12.4. The number of anilines is 1.